The van der Waals surface area contributed by atoms with E-state index in [1.54, 1.807) is 6.07 Å². The third-order valence-electron chi connectivity index (χ3n) is 3.64. The summed E-state index contributed by atoms with van der Waals surface area (Å²) in [6.45, 7) is 1.05. The molecule has 9 heteroatoms. The average Bonchev–Trinajstić information content (AvgIpc) is 2.56. The summed E-state index contributed by atoms with van der Waals surface area (Å²) in [4.78, 5) is 14.8. The summed E-state index contributed by atoms with van der Waals surface area (Å²) in [6.07, 6.45) is -4.63. The van der Waals surface area contributed by atoms with Gasteiger partial charge < -0.3 is 15.4 Å². The quantitative estimate of drug-likeness (QED) is 0.605. The predicted molar refractivity (Wildman–Crippen MR) is 106 cm³/mol. The van der Waals surface area contributed by atoms with Gasteiger partial charge in [0.2, 0.25) is 0 Å². The number of nitrogens with two attached hydrogens (primary N) is 1. The van der Waals surface area contributed by atoms with Crippen LogP contribution in [0.3, 0.4) is 0 Å². The van der Waals surface area contributed by atoms with Crippen LogP contribution in [-0.2, 0) is 6.18 Å². The first kappa shape index (κ1) is 21.3. The molecule has 0 spiro atoms. The molecule has 0 aliphatic carbocycles. The maximum Gasteiger partial charge on any atom is 0.418 e. The fourth-order valence-electron chi connectivity index (χ4n) is 2.37. The zero-order valence-electron chi connectivity index (χ0n) is 14.8. The Balaban J connectivity index is 2.46. The number of ether oxygens (including phenoxy) is 1. The van der Waals surface area contributed by atoms with Gasteiger partial charge in [-0.1, -0.05) is 12.1 Å². The summed E-state index contributed by atoms with van der Waals surface area (Å²) in [5, 5.41) is 0. The lowest BCUT2D eigenvalue weighted by Gasteiger charge is -2.25. The Morgan fingerprint density at radius 1 is 1.19 bits per heavy atom. The summed E-state index contributed by atoms with van der Waals surface area (Å²) in [7, 11) is 3.79. The number of benzene rings is 2. The summed E-state index contributed by atoms with van der Waals surface area (Å²) in [6, 6.07) is 8.47. The first-order valence-electron chi connectivity index (χ1n) is 7.94. The highest BCUT2D eigenvalue weighted by molar-refractivity contribution is 14.1. The Bertz CT molecular complexity index is 813. The van der Waals surface area contributed by atoms with E-state index in [2.05, 4.69) is 22.6 Å². The highest BCUT2D eigenvalue weighted by Gasteiger charge is 2.36. The van der Waals surface area contributed by atoms with Gasteiger partial charge in [0.25, 0.3) is 0 Å². The first-order valence-corrected chi connectivity index (χ1v) is 9.02. The number of alkyl halides is 3. The molecule has 0 radical (unpaired) electrons. The molecule has 2 amide bonds. The number of primary amides is 1. The van der Waals surface area contributed by atoms with E-state index in [0.29, 0.717) is 18.9 Å². The van der Waals surface area contributed by atoms with E-state index in [0.717, 1.165) is 14.5 Å². The van der Waals surface area contributed by atoms with E-state index in [4.69, 9.17) is 10.5 Å². The van der Waals surface area contributed by atoms with Crippen molar-refractivity contribution in [3.63, 3.8) is 0 Å². The molecule has 0 saturated heterocycles. The van der Waals surface area contributed by atoms with E-state index in [-0.39, 0.29) is 11.4 Å². The van der Waals surface area contributed by atoms with Crippen molar-refractivity contribution in [2.24, 2.45) is 5.73 Å². The number of carbonyl (C=O) groups is 1. The zero-order valence-corrected chi connectivity index (χ0v) is 16.9. The molecule has 0 bridgehead atoms. The molecule has 2 aromatic rings. The predicted octanol–water partition coefficient (Wildman–Crippen LogP) is 4.47. The number of carbonyl (C=O) groups excluding carboxylic acids is 1. The summed E-state index contributed by atoms with van der Waals surface area (Å²) in [5.74, 6) is 0.464. The molecule has 5 nitrogen and oxygen atoms in total. The molecule has 0 fully saturated rings. The Morgan fingerprint density at radius 2 is 1.85 bits per heavy atom. The Labute approximate surface area is 169 Å². The molecule has 2 rings (SSSR count). The number of amides is 2. The molecule has 146 valence electrons. The second-order valence-electron chi connectivity index (χ2n) is 5.96. The largest absolute Gasteiger partial charge is 0.491 e. The van der Waals surface area contributed by atoms with Gasteiger partial charge in [0, 0.05) is 12.6 Å². The van der Waals surface area contributed by atoms with Crippen molar-refractivity contribution in [3.05, 3.63) is 51.6 Å². The van der Waals surface area contributed by atoms with Crippen LogP contribution in [0.1, 0.15) is 5.56 Å². The number of halogens is 4. The molecular weight excluding hydrogens is 474 g/mol. The van der Waals surface area contributed by atoms with Crippen LogP contribution in [0, 0.1) is 3.57 Å². The van der Waals surface area contributed by atoms with E-state index < -0.39 is 17.8 Å². The lowest BCUT2D eigenvalue weighted by atomic mass is 10.1. The number of anilines is 2. The molecule has 0 aliphatic heterocycles. The van der Waals surface area contributed by atoms with Crippen LogP contribution in [0.15, 0.2) is 42.5 Å². The van der Waals surface area contributed by atoms with Crippen LogP contribution in [0.4, 0.5) is 29.3 Å². The number of urea groups is 1. The molecule has 0 unspecified atom stereocenters. The number of hydrogen-bond acceptors (Lipinski definition) is 3. The third kappa shape index (κ3) is 5.48. The number of hydrogen-bond donors (Lipinski definition) is 1. The maximum absolute atomic E-state index is 13.4. The van der Waals surface area contributed by atoms with E-state index >= 15 is 0 Å². The van der Waals surface area contributed by atoms with Gasteiger partial charge in [0.05, 0.1) is 20.5 Å². The standard InChI is InChI=1S/C18H19F3IN3O2/c1-24(2)9-10-27-16-11-12(7-8-14(16)22)25(17(23)26)15-6-4-3-5-13(15)18(19,20)21/h3-8,11H,9-10H2,1-2H3,(H2,23,26). The molecule has 2 aromatic carbocycles. The van der Waals surface area contributed by atoms with E-state index in [9.17, 15) is 18.0 Å². The Morgan fingerprint density at radius 3 is 2.44 bits per heavy atom. The highest BCUT2D eigenvalue weighted by Crippen LogP contribution is 2.40. The van der Waals surface area contributed by atoms with Crippen molar-refractivity contribution in [1.29, 1.82) is 0 Å². The Hall–Kier alpha value is -2.01. The van der Waals surface area contributed by atoms with Crippen LogP contribution in [0.2, 0.25) is 0 Å². The van der Waals surface area contributed by atoms with Crippen LogP contribution >= 0.6 is 22.6 Å². The van der Waals surface area contributed by atoms with Crippen molar-refractivity contribution < 1.29 is 22.7 Å². The van der Waals surface area contributed by atoms with Crippen LogP contribution < -0.4 is 15.4 Å². The van der Waals surface area contributed by atoms with Crippen LogP contribution in [0.25, 0.3) is 0 Å². The normalized spacial score (nSPS) is 11.5. The smallest absolute Gasteiger partial charge is 0.418 e. The van der Waals surface area contributed by atoms with Gasteiger partial charge in [-0.15, -0.1) is 0 Å². The van der Waals surface area contributed by atoms with Crippen molar-refractivity contribution in [2.75, 3.05) is 32.1 Å². The van der Waals surface area contributed by atoms with Gasteiger partial charge >= 0.3 is 12.2 Å². The van der Waals surface area contributed by atoms with Crippen molar-refractivity contribution in [1.82, 2.24) is 4.90 Å². The van der Waals surface area contributed by atoms with Gasteiger partial charge in [0.15, 0.2) is 0 Å². The second-order valence-corrected chi connectivity index (χ2v) is 7.12. The van der Waals surface area contributed by atoms with Gasteiger partial charge in [-0.25, -0.2) is 4.79 Å². The Kier molecular flexibility index (Phi) is 6.93. The molecule has 2 N–H and O–H groups in total. The van der Waals surface area contributed by atoms with Gasteiger partial charge in [-0.05, 0) is 61.0 Å². The fraction of sp³-hybridized carbons (Fsp3) is 0.278. The number of para-hydroxylation sites is 1. The van der Waals surface area contributed by atoms with Crippen molar-refractivity contribution in [3.8, 4) is 5.75 Å². The van der Waals surface area contributed by atoms with Gasteiger partial charge in [-0.3, -0.25) is 4.90 Å². The van der Waals surface area contributed by atoms with Gasteiger partial charge in [-0.2, -0.15) is 13.2 Å². The topological polar surface area (TPSA) is 58.8 Å². The van der Waals surface area contributed by atoms with E-state index in [1.165, 1.54) is 30.3 Å². The van der Waals surface area contributed by atoms with Crippen LogP contribution in [0.5, 0.6) is 5.75 Å². The maximum atomic E-state index is 13.4. The highest BCUT2D eigenvalue weighted by atomic mass is 127. The number of likely N-dealkylation sites (N-methyl/N-ethyl adjacent to an activating group) is 1. The molecule has 0 atom stereocenters. The minimum absolute atomic E-state index is 0.194. The fourth-order valence-corrected chi connectivity index (χ4v) is 2.86. The first-order chi connectivity index (χ1) is 12.6. The van der Waals surface area contributed by atoms with Crippen molar-refractivity contribution in [2.45, 2.75) is 6.18 Å². The lowest BCUT2D eigenvalue weighted by molar-refractivity contribution is -0.137. The summed E-state index contributed by atoms with van der Waals surface area (Å²) < 4.78 is 46.6. The monoisotopic (exact) mass is 493 g/mol. The molecule has 0 saturated carbocycles. The minimum atomic E-state index is -4.63. The summed E-state index contributed by atoms with van der Waals surface area (Å²) >= 11 is 2.06. The molecule has 0 heterocycles. The summed E-state index contributed by atoms with van der Waals surface area (Å²) in [5.41, 5.74) is 4.32. The SMILES string of the molecule is CN(C)CCOc1cc(N(C(N)=O)c2ccccc2C(F)(F)F)ccc1I. The van der Waals surface area contributed by atoms with E-state index in [1.807, 2.05) is 19.0 Å². The average molecular weight is 493 g/mol. The van der Waals surface area contributed by atoms with Gasteiger partial charge in [0.1, 0.15) is 12.4 Å². The van der Waals surface area contributed by atoms with Crippen molar-refractivity contribution >= 4 is 40.0 Å². The second kappa shape index (κ2) is 8.79. The lowest BCUT2D eigenvalue weighted by Crippen LogP contribution is -2.33. The third-order valence-corrected chi connectivity index (χ3v) is 4.53. The minimum Gasteiger partial charge on any atom is -0.491 e. The molecule has 0 aliphatic rings. The molecule has 0 aromatic heterocycles. The zero-order chi connectivity index (χ0) is 20.2. The van der Waals surface area contributed by atoms with Crippen LogP contribution in [-0.4, -0.2) is 38.2 Å². The number of rotatable bonds is 6. The number of nitrogens with zero attached hydrogens (tertiary/aromatic N) is 2. The molecular formula is C18H19F3IN3O2. The molecule has 27 heavy (non-hydrogen) atoms.